The molecule has 0 bridgehead atoms. The highest BCUT2D eigenvalue weighted by Crippen LogP contribution is 2.13. The van der Waals surface area contributed by atoms with Crippen molar-refractivity contribution < 1.29 is 9.53 Å². The van der Waals surface area contributed by atoms with Crippen LogP contribution in [0.3, 0.4) is 0 Å². The van der Waals surface area contributed by atoms with Gasteiger partial charge >= 0.3 is 0 Å². The van der Waals surface area contributed by atoms with E-state index in [9.17, 15) is 4.79 Å². The van der Waals surface area contributed by atoms with E-state index < -0.39 is 0 Å². The summed E-state index contributed by atoms with van der Waals surface area (Å²) in [5, 5.41) is 6.32. The molecule has 2 fully saturated rings. The van der Waals surface area contributed by atoms with Gasteiger partial charge in [0, 0.05) is 13.2 Å². The third kappa shape index (κ3) is 3.18. The van der Waals surface area contributed by atoms with Crippen LogP contribution in [0.25, 0.3) is 0 Å². The Morgan fingerprint density at radius 1 is 1.33 bits per heavy atom. The lowest BCUT2D eigenvalue weighted by molar-refractivity contribution is -0.130. The van der Waals surface area contributed by atoms with E-state index in [1.54, 1.807) is 0 Å². The quantitative estimate of drug-likeness (QED) is 0.706. The standard InChI is InChI=1S/C11H20N2O2/c14-11(10-2-1-7-15-10)13-8-9-3-5-12-6-4-9/h9-10,12H,1-8H2,(H,13,14)/t10-/m1/s1. The summed E-state index contributed by atoms with van der Waals surface area (Å²) in [7, 11) is 0. The van der Waals surface area contributed by atoms with Gasteiger partial charge in [-0.3, -0.25) is 4.79 Å². The van der Waals surface area contributed by atoms with Crippen molar-refractivity contribution in [2.45, 2.75) is 31.8 Å². The normalized spacial score (nSPS) is 27.9. The molecule has 4 heteroatoms. The van der Waals surface area contributed by atoms with E-state index in [0.29, 0.717) is 5.92 Å². The lowest BCUT2D eigenvalue weighted by Crippen LogP contribution is -2.40. The van der Waals surface area contributed by atoms with Crippen molar-refractivity contribution in [2.24, 2.45) is 5.92 Å². The molecule has 1 atom stereocenters. The van der Waals surface area contributed by atoms with Crippen molar-refractivity contribution in [1.82, 2.24) is 10.6 Å². The zero-order chi connectivity index (χ0) is 10.5. The monoisotopic (exact) mass is 212 g/mol. The predicted molar refractivity (Wildman–Crippen MR) is 57.6 cm³/mol. The smallest absolute Gasteiger partial charge is 0.249 e. The zero-order valence-corrected chi connectivity index (χ0v) is 9.13. The van der Waals surface area contributed by atoms with Gasteiger partial charge in [0.05, 0.1) is 0 Å². The Morgan fingerprint density at radius 2 is 2.13 bits per heavy atom. The number of carbonyl (C=O) groups is 1. The van der Waals surface area contributed by atoms with Crippen LogP contribution in [0.4, 0.5) is 0 Å². The number of carbonyl (C=O) groups excluding carboxylic acids is 1. The van der Waals surface area contributed by atoms with Gasteiger partial charge in [-0.15, -0.1) is 0 Å². The minimum absolute atomic E-state index is 0.0889. The molecule has 2 rings (SSSR count). The first-order valence-corrected chi connectivity index (χ1v) is 5.96. The number of ether oxygens (including phenoxy) is 1. The Morgan fingerprint density at radius 3 is 2.80 bits per heavy atom. The first-order valence-electron chi connectivity index (χ1n) is 5.96. The molecule has 1 amide bonds. The van der Waals surface area contributed by atoms with E-state index >= 15 is 0 Å². The van der Waals surface area contributed by atoms with Crippen molar-refractivity contribution in [2.75, 3.05) is 26.2 Å². The average molecular weight is 212 g/mol. The summed E-state index contributed by atoms with van der Waals surface area (Å²) in [5.41, 5.74) is 0. The Kier molecular flexibility index (Phi) is 3.97. The van der Waals surface area contributed by atoms with Crippen molar-refractivity contribution in [3.8, 4) is 0 Å². The van der Waals surface area contributed by atoms with Crippen molar-refractivity contribution >= 4 is 5.91 Å². The topological polar surface area (TPSA) is 50.4 Å². The number of nitrogens with one attached hydrogen (secondary N) is 2. The van der Waals surface area contributed by atoms with Crippen LogP contribution in [-0.4, -0.2) is 38.3 Å². The van der Waals surface area contributed by atoms with Crippen LogP contribution in [0.2, 0.25) is 0 Å². The molecule has 0 spiro atoms. The molecule has 0 aromatic heterocycles. The van der Waals surface area contributed by atoms with Crippen LogP contribution in [-0.2, 0) is 9.53 Å². The highest BCUT2D eigenvalue weighted by molar-refractivity contribution is 5.80. The lowest BCUT2D eigenvalue weighted by atomic mass is 9.98. The van der Waals surface area contributed by atoms with Gasteiger partial charge in [-0.1, -0.05) is 0 Å². The molecular weight excluding hydrogens is 192 g/mol. The number of piperidine rings is 1. The van der Waals surface area contributed by atoms with Crippen LogP contribution in [0.15, 0.2) is 0 Å². The van der Waals surface area contributed by atoms with E-state index in [4.69, 9.17) is 4.74 Å². The van der Waals surface area contributed by atoms with E-state index in [1.807, 2.05) is 0 Å². The second kappa shape index (κ2) is 5.47. The van der Waals surface area contributed by atoms with E-state index in [1.165, 1.54) is 12.8 Å². The molecule has 0 aliphatic carbocycles. The largest absolute Gasteiger partial charge is 0.368 e. The Balaban J connectivity index is 1.65. The number of amides is 1. The third-order valence-corrected chi connectivity index (χ3v) is 3.25. The highest BCUT2D eigenvalue weighted by atomic mass is 16.5. The summed E-state index contributed by atoms with van der Waals surface area (Å²) in [5.74, 6) is 0.739. The van der Waals surface area contributed by atoms with Gasteiger partial charge in [0.2, 0.25) is 5.91 Å². The van der Waals surface area contributed by atoms with Gasteiger partial charge in [-0.2, -0.15) is 0 Å². The predicted octanol–water partition coefficient (Wildman–Crippen LogP) is 0.281. The molecule has 4 nitrogen and oxygen atoms in total. The molecule has 2 saturated heterocycles. The molecule has 2 aliphatic rings. The first kappa shape index (κ1) is 10.9. The SMILES string of the molecule is O=C(NCC1CCNCC1)[C@H]1CCCO1. The minimum Gasteiger partial charge on any atom is -0.368 e. The average Bonchev–Trinajstić information content (AvgIpc) is 2.81. The molecule has 0 radical (unpaired) electrons. The fraction of sp³-hybridized carbons (Fsp3) is 0.909. The first-order chi connectivity index (χ1) is 7.36. The molecule has 0 unspecified atom stereocenters. The van der Waals surface area contributed by atoms with E-state index in [-0.39, 0.29) is 12.0 Å². The second-order valence-electron chi connectivity index (χ2n) is 4.44. The number of hydrogen-bond acceptors (Lipinski definition) is 3. The summed E-state index contributed by atoms with van der Waals surface area (Å²) >= 11 is 0. The van der Waals surface area contributed by atoms with Gasteiger partial charge in [-0.25, -0.2) is 0 Å². The molecule has 0 aromatic carbocycles. The summed E-state index contributed by atoms with van der Waals surface area (Å²) in [6.07, 6.45) is 4.08. The molecule has 15 heavy (non-hydrogen) atoms. The Hall–Kier alpha value is -0.610. The summed E-state index contributed by atoms with van der Waals surface area (Å²) in [6.45, 7) is 3.73. The Bertz CT molecular complexity index is 209. The maximum Gasteiger partial charge on any atom is 0.249 e. The van der Waals surface area contributed by atoms with Crippen molar-refractivity contribution in [3.05, 3.63) is 0 Å². The van der Waals surface area contributed by atoms with Crippen LogP contribution < -0.4 is 10.6 Å². The van der Waals surface area contributed by atoms with Gasteiger partial charge in [-0.05, 0) is 44.7 Å². The maximum absolute atomic E-state index is 11.6. The molecule has 2 aliphatic heterocycles. The van der Waals surface area contributed by atoms with Crippen LogP contribution in [0.1, 0.15) is 25.7 Å². The maximum atomic E-state index is 11.6. The fourth-order valence-corrected chi connectivity index (χ4v) is 2.23. The zero-order valence-electron chi connectivity index (χ0n) is 9.13. The van der Waals surface area contributed by atoms with Crippen LogP contribution in [0, 0.1) is 5.92 Å². The summed E-state index contributed by atoms with van der Waals surface area (Å²) in [4.78, 5) is 11.6. The van der Waals surface area contributed by atoms with Crippen LogP contribution >= 0.6 is 0 Å². The van der Waals surface area contributed by atoms with Gasteiger partial charge in [0.15, 0.2) is 0 Å². The van der Waals surface area contributed by atoms with E-state index in [0.717, 1.165) is 39.1 Å². The summed E-state index contributed by atoms with van der Waals surface area (Å²) in [6, 6.07) is 0. The Labute approximate surface area is 90.8 Å². The van der Waals surface area contributed by atoms with Gasteiger partial charge in [0.25, 0.3) is 0 Å². The molecule has 86 valence electrons. The van der Waals surface area contributed by atoms with Gasteiger partial charge < -0.3 is 15.4 Å². The molecule has 2 heterocycles. The third-order valence-electron chi connectivity index (χ3n) is 3.25. The summed E-state index contributed by atoms with van der Waals surface area (Å²) < 4.78 is 5.33. The fourth-order valence-electron chi connectivity index (χ4n) is 2.23. The number of rotatable bonds is 3. The molecule has 0 saturated carbocycles. The molecular formula is C11H20N2O2. The van der Waals surface area contributed by atoms with Crippen LogP contribution in [0.5, 0.6) is 0 Å². The highest BCUT2D eigenvalue weighted by Gasteiger charge is 2.24. The van der Waals surface area contributed by atoms with E-state index in [2.05, 4.69) is 10.6 Å². The second-order valence-corrected chi connectivity index (χ2v) is 4.44. The molecule has 0 aromatic rings. The van der Waals surface area contributed by atoms with Gasteiger partial charge in [0.1, 0.15) is 6.10 Å². The van der Waals surface area contributed by atoms with Crippen molar-refractivity contribution in [3.63, 3.8) is 0 Å². The minimum atomic E-state index is -0.174. The number of hydrogen-bond donors (Lipinski definition) is 2. The lowest BCUT2D eigenvalue weighted by Gasteiger charge is -2.23. The van der Waals surface area contributed by atoms with Crippen molar-refractivity contribution in [1.29, 1.82) is 0 Å². The molecule has 2 N–H and O–H groups in total.